The molecule has 5 heteroatoms. The van der Waals surface area contributed by atoms with Gasteiger partial charge >= 0.3 is 6.03 Å². The molecule has 2 aromatic carbocycles. The second kappa shape index (κ2) is 8.44. The number of para-hydroxylation sites is 3. The van der Waals surface area contributed by atoms with Crippen molar-refractivity contribution in [2.45, 2.75) is 31.7 Å². The molecule has 0 saturated carbocycles. The number of hydrogen-bond donors (Lipinski definition) is 1. The van der Waals surface area contributed by atoms with E-state index >= 15 is 0 Å². The van der Waals surface area contributed by atoms with Crippen LogP contribution in [-0.2, 0) is 0 Å². The molecule has 142 valence electrons. The maximum absolute atomic E-state index is 12.7. The van der Waals surface area contributed by atoms with Crippen LogP contribution < -0.4 is 10.1 Å². The van der Waals surface area contributed by atoms with Crippen LogP contribution in [0.1, 0.15) is 25.7 Å². The SMILES string of the molecule is O=C(Nc1ccccc1Oc1ccccc1)N1CCC(N2CCCC2)CC1. The van der Waals surface area contributed by atoms with E-state index in [1.807, 2.05) is 59.5 Å². The Bertz CT molecular complexity index is 751. The number of nitrogens with one attached hydrogen (secondary N) is 1. The normalized spacial score (nSPS) is 18.4. The average Bonchev–Trinajstić information content (AvgIpc) is 3.25. The van der Waals surface area contributed by atoms with E-state index < -0.39 is 0 Å². The lowest BCUT2D eigenvalue weighted by Crippen LogP contribution is -2.47. The molecule has 2 aliphatic rings. The van der Waals surface area contributed by atoms with Crippen molar-refractivity contribution in [1.29, 1.82) is 0 Å². The molecule has 0 aliphatic carbocycles. The molecule has 2 aliphatic heterocycles. The van der Waals surface area contributed by atoms with Crippen LogP contribution in [0, 0.1) is 0 Å². The summed E-state index contributed by atoms with van der Waals surface area (Å²) in [5.41, 5.74) is 0.702. The predicted molar refractivity (Wildman–Crippen MR) is 107 cm³/mol. The third-order valence-electron chi connectivity index (χ3n) is 5.51. The Kier molecular flexibility index (Phi) is 5.58. The quantitative estimate of drug-likeness (QED) is 0.863. The van der Waals surface area contributed by atoms with Gasteiger partial charge in [-0.15, -0.1) is 0 Å². The number of urea groups is 1. The largest absolute Gasteiger partial charge is 0.455 e. The van der Waals surface area contributed by atoms with Gasteiger partial charge in [-0.05, 0) is 63.0 Å². The van der Waals surface area contributed by atoms with Crippen LogP contribution in [0.4, 0.5) is 10.5 Å². The van der Waals surface area contributed by atoms with Crippen molar-refractivity contribution in [2.75, 3.05) is 31.5 Å². The number of benzene rings is 2. The molecule has 0 aromatic heterocycles. The van der Waals surface area contributed by atoms with E-state index in [4.69, 9.17) is 4.74 Å². The lowest BCUT2D eigenvalue weighted by molar-refractivity contribution is 0.140. The number of nitrogens with zero attached hydrogens (tertiary/aromatic N) is 2. The number of anilines is 1. The summed E-state index contributed by atoms with van der Waals surface area (Å²) in [6.07, 6.45) is 4.77. The topological polar surface area (TPSA) is 44.8 Å². The summed E-state index contributed by atoms with van der Waals surface area (Å²) < 4.78 is 5.94. The molecule has 1 N–H and O–H groups in total. The summed E-state index contributed by atoms with van der Waals surface area (Å²) in [7, 11) is 0. The van der Waals surface area contributed by atoms with Crippen molar-refractivity contribution in [3.05, 3.63) is 54.6 Å². The van der Waals surface area contributed by atoms with Crippen LogP contribution in [0.25, 0.3) is 0 Å². The molecule has 27 heavy (non-hydrogen) atoms. The zero-order chi connectivity index (χ0) is 18.5. The Labute approximate surface area is 160 Å². The number of hydrogen-bond acceptors (Lipinski definition) is 3. The van der Waals surface area contributed by atoms with E-state index in [1.165, 1.54) is 25.9 Å². The lowest BCUT2D eigenvalue weighted by Gasteiger charge is -2.36. The highest BCUT2D eigenvalue weighted by Crippen LogP contribution is 2.29. The third kappa shape index (κ3) is 4.42. The second-order valence-corrected chi connectivity index (χ2v) is 7.30. The highest BCUT2D eigenvalue weighted by molar-refractivity contribution is 5.91. The molecule has 0 spiro atoms. The van der Waals surface area contributed by atoms with Gasteiger partial charge in [-0.25, -0.2) is 4.79 Å². The van der Waals surface area contributed by atoms with E-state index in [-0.39, 0.29) is 6.03 Å². The van der Waals surface area contributed by atoms with Crippen LogP contribution in [-0.4, -0.2) is 48.1 Å². The molecular weight excluding hydrogens is 338 g/mol. The standard InChI is InChI=1S/C22H27N3O2/c26-22(25-16-12-18(13-17-25)24-14-6-7-15-24)23-20-10-4-5-11-21(20)27-19-8-2-1-3-9-19/h1-5,8-11,18H,6-7,12-17H2,(H,23,26). The zero-order valence-electron chi connectivity index (χ0n) is 15.6. The Hall–Kier alpha value is -2.53. The average molecular weight is 365 g/mol. The van der Waals surface area contributed by atoms with Crippen LogP contribution in [0.15, 0.2) is 54.6 Å². The highest BCUT2D eigenvalue weighted by atomic mass is 16.5. The second-order valence-electron chi connectivity index (χ2n) is 7.30. The summed E-state index contributed by atoms with van der Waals surface area (Å²) in [4.78, 5) is 17.3. The number of carbonyl (C=O) groups is 1. The molecule has 2 saturated heterocycles. The highest BCUT2D eigenvalue weighted by Gasteiger charge is 2.28. The Morgan fingerprint density at radius 2 is 1.56 bits per heavy atom. The number of amides is 2. The molecular formula is C22H27N3O2. The van der Waals surface area contributed by atoms with Crippen molar-refractivity contribution >= 4 is 11.7 Å². The molecule has 0 unspecified atom stereocenters. The summed E-state index contributed by atoms with van der Waals surface area (Å²) in [5.74, 6) is 1.41. The predicted octanol–water partition coefficient (Wildman–Crippen LogP) is 4.57. The van der Waals surface area contributed by atoms with Gasteiger partial charge in [0.2, 0.25) is 0 Å². The Morgan fingerprint density at radius 3 is 2.30 bits per heavy atom. The Morgan fingerprint density at radius 1 is 0.889 bits per heavy atom. The molecule has 0 radical (unpaired) electrons. The number of rotatable bonds is 4. The van der Waals surface area contributed by atoms with Gasteiger partial charge in [-0.1, -0.05) is 30.3 Å². The van der Waals surface area contributed by atoms with Crippen molar-refractivity contribution in [2.24, 2.45) is 0 Å². The van der Waals surface area contributed by atoms with Crippen LogP contribution in [0.5, 0.6) is 11.5 Å². The maximum Gasteiger partial charge on any atom is 0.321 e. The summed E-state index contributed by atoms with van der Waals surface area (Å²) >= 11 is 0. The number of likely N-dealkylation sites (tertiary alicyclic amines) is 2. The van der Waals surface area contributed by atoms with Crippen molar-refractivity contribution in [1.82, 2.24) is 9.80 Å². The molecule has 4 rings (SSSR count). The first-order valence-corrected chi connectivity index (χ1v) is 9.91. The van der Waals surface area contributed by atoms with Crippen LogP contribution >= 0.6 is 0 Å². The van der Waals surface area contributed by atoms with Gasteiger partial charge in [0.15, 0.2) is 5.75 Å². The van der Waals surface area contributed by atoms with E-state index in [2.05, 4.69) is 10.2 Å². The molecule has 2 heterocycles. The van der Waals surface area contributed by atoms with Crippen molar-refractivity contribution in [3.63, 3.8) is 0 Å². The van der Waals surface area contributed by atoms with Gasteiger partial charge in [-0.3, -0.25) is 0 Å². The molecule has 0 bridgehead atoms. The number of ether oxygens (including phenoxy) is 1. The first-order valence-electron chi connectivity index (χ1n) is 9.91. The molecule has 2 fully saturated rings. The monoisotopic (exact) mass is 365 g/mol. The molecule has 2 aromatic rings. The fraction of sp³-hybridized carbons (Fsp3) is 0.409. The van der Waals surface area contributed by atoms with E-state index in [0.717, 1.165) is 31.7 Å². The maximum atomic E-state index is 12.7. The van der Waals surface area contributed by atoms with Gasteiger partial charge in [0.05, 0.1) is 5.69 Å². The van der Waals surface area contributed by atoms with Crippen LogP contribution in [0.2, 0.25) is 0 Å². The van der Waals surface area contributed by atoms with Gasteiger partial charge in [0.25, 0.3) is 0 Å². The number of carbonyl (C=O) groups excluding carboxylic acids is 1. The molecule has 0 atom stereocenters. The van der Waals surface area contributed by atoms with Crippen LogP contribution in [0.3, 0.4) is 0 Å². The van der Waals surface area contributed by atoms with E-state index in [1.54, 1.807) is 0 Å². The minimum atomic E-state index is -0.0426. The van der Waals surface area contributed by atoms with Crippen molar-refractivity contribution in [3.8, 4) is 11.5 Å². The van der Waals surface area contributed by atoms with Gasteiger partial charge in [0.1, 0.15) is 5.75 Å². The van der Waals surface area contributed by atoms with Gasteiger partial charge in [0, 0.05) is 19.1 Å². The molecule has 2 amide bonds. The number of piperidine rings is 1. The first-order chi connectivity index (χ1) is 13.3. The smallest absolute Gasteiger partial charge is 0.321 e. The van der Waals surface area contributed by atoms with E-state index in [0.29, 0.717) is 17.5 Å². The van der Waals surface area contributed by atoms with Gasteiger partial charge < -0.3 is 19.9 Å². The fourth-order valence-electron chi connectivity index (χ4n) is 4.01. The minimum Gasteiger partial charge on any atom is -0.455 e. The third-order valence-corrected chi connectivity index (χ3v) is 5.51. The minimum absolute atomic E-state index is 0.0426. The summed E-state index contributed by atoms with van der Waals surface area (Å²) in [5, 5.41) is 3.03. The van der Waals surface area contributed by atoms with Crippen molar-refractivity contribution < 1.29 is 9.53 Å². The molecule has 5 nitrogen and oxygen atoms in total. The van der Waals surface area contributed by atoms with Gasteiger partial charge in [-0.2, -0.15) is 0 Å². The zero-order valence-corrected chi connectivity index (χ0v) is 15.6. The lowest BCUT2D eigenvalue weighted by atomic mass is 10.0. The summed E-state index contributed by atoms with van der Waals surface area (Å²) in [6.45, 7) is 4.07. The van der Waals surface area contributed by atoms with E-state index in [9.17, 15) is 4.79 Å². The first kappa shape index (κ1) is 17.9. The fourth-order valence-corrected chi connectivity index (χ4v) is 4.01. The summed E-state index contributed by atoms with van der Waals surface area (Å²) in [6, 6.07) is 17.8. The Balaban J connectivity index is 1.36.